The number of anilines is 1. The van der Waals surface area contributed by atoms with Crippen LogP contribution < -0.4 is 5.32 Å². The molecule has 2 rings (SSSR count). The third-order valence-corrected chi connectivity index (χ3v) is 2.83. The normalized spacial score (nSPS) is 10.0. The molecule has 0 aliphatic heterocycles. The van der Waals surface area contributed by atoms with Gasteiger partial charge in [-0.2, -0.15) is 11.3 Å². The van der Waals surface area contributed by atoms with Crippen molar-refractivity contribution in [2.75, 3.05) is 5.32 Å². The van der Waals surface area contributed by atoms with Crippen molar-refractivity contribution in [1.82, 2.24) is 0 Å². The van der Waals surface area contributed by atoms with Crippen molar-refractivity contribution in [2.24, 2.45) is 0 Å². The largest absolute Gasteiger partial charge is 0.508 e. The second-order valence-corrected chi connectivity index (χ2v) is 4.18. The summed E-state index contributed by atoms with van der Waals surface area (Å²) < 4.78 is 0. The van der Waals surface area contributed by atoms with Gasteiger partial charge in [-0.05, 0) is 46.7 Å². The van der Waals surface area contributed by atoms with Crippen LogP contribution in [0.25, 0.3) is 0 Å². The zero-order chi connectivity index (χ0) is 11.4. The Morgan fingerprint density at radius 1 is 1.25 bits per heavy atom. The highest BCUT2D eigenvalue weighted by Gasteiger charge is 2.04. The fourth-order valence-corrected chi connectivity index (χ4v) is 2.00. The fourth-order valence-electron chi connectivity index (χ4n) is 1.33. The molecule has 0 aliphatic carbocycles. The van der Waals surface area contributed by atoms with Crippen molar-refractivity contribution >= 4 is 22.9 Å². The number of nitrogens with one attached hydrogen (secondary N) is 1. The molecular formula is C12H11NO2S. The van der Waals surface area contributed by atoms with Crippen LogP contribution >= 0.6 is 11.3 Å². The lowest BCUT2D eigenvalue weighted by Crippen LogP contribution is -2.13. The minimum atomic E-state index is -0.0518. The van der Waals surface area contributed by atoms with Gasteiger partial charge < -0.3 is 10.4 Å². The lowest BCUT2D eigenvalue weighted by Gasteiger charge is -2.04. The Kier molecular flexibility index (Phi) is 3.22. The fraction of sp³-hybridized carbons (Fsp3) is 0.0833. The minimum Gasteiger partial charge on any atom is -0.508 e. The molecule has 2 aromatic rings. The highest BCUT2D eigenvalue weighted by Crippen LogP contribution is 2.14. The van der Waals surface area contributed by atoms with E-state index < -0.39 is 0 Å². The SMILES string of the molecule is O=C(Cc1ccsc1)Nc1ccc(O)cc1. The first-order valence-electron chi connectivity index (χ1n) is 4.84. The van der Waals surface area contributed by atoms with Crippen LogP contribution in [-0.4, -0.2) is 11.0 Å². The Morgan fingerprint density at radius 2 is 2.00 bits per heavy atom. The summed E-state index contributed by atoms with van der Waals surface area (Å²) in [6.45, 7) is 0. The molecule has 0 fully saturated rings. The van der Waals surface area contributed by atoms with E-state index in [9.17, 15) is 4.79 Å². The van der Waals surface area contributed by atoms with Gasteiger partial charge >= 0.3 is 0 Å². The van der Waals surface area contributed by atoms with Crippen molar-refractivity contribution in [3.05, 3.63) is 46.7 Å². The number of carbonyl (C=O) groups excluding carboxylic acids is 1. The van der Waals surface area contributed by atoms with Crippen LogP contribution in [0, 0.1) is 0 Å². The summed E-state index contributed by atoms with van der Waals surface area (Å²) in [5, 5.41) is 15.8. The zero-order valence-corrected chi connectivity index (χ0v) is 9.33. The molecule has 0 spiro atoms. The number of rotatable bonds is 3. The van der Waals surface area contributed by atoms with Gasteiger partial charge in [-0.3, -0.25) is 4.79 Å². The highest BCUT2D eigenvalue weighted by atomic mass is 32.1. The van der Waals surface area contributed by atoms with E-state index in [1.54, 1.807) is 35.6 Å². The van der Waals surface area contributed by atoms with Crippen molar-refractivity contribution in [3.8, 4) is 5.75 Å². The van der Waals surface area contributed by atoms with E-state index in [2.05, 4.69) is 5.32 Å². The lowest BCUT2D eigenvalue weighted by molar-refractivity contribution is -0.115. The summed E-state index contributed by atoms with van der Waals surface area (Å²) in [6.07, 6.45) is 0.379. The van der Waals surface area contributed by atoms with Gasteiger partial charge in [-0.1, -0.05) is 0 Å². The molecule has 16 heavy (non-hydrogen) atoms. The number of hydrogen-bond donors (Lipinski definition) is 2. The van der Waals surface area contributed by atoms with E-state index in [0.29, 0.717) is 12.1 Å². The van der Waals surface area contributed by atoms with E-state index in [-0.39, 0.29) is 11.7 Å². The Hall–Kier alpha value is -1.81. The maximum absolute atomic E-state index is 11.6. The first kappa shape index (κ1) is 10.7. The molecule has 3 nitrogen and oxygen atoms in total. The van der Waals surface area contributed by atoms with E-state index in [4.69, 9.17) is 5.11 Å². The Bertz CT molecular complexity index is 462. The van der Waals surface area contributed by atoms with E-state index in [1.807, 2.05) is 16.8 Å². The van der Waals surface area contributed by atoms with E-state index >= 15 is 0 Å². The van der Waals surface area contributed by atoms with Crippen LogP contribution in [0.15, 0.2) is 41.1 Å². The number of phenolic OH excluding ortho intramolecular Hbond substituents is 1. The van der Waals surface area contributed by atoms with Crippen LogP contribution in [0.5, 0.6) is 5.75 Å². The van der Waals surface area contributed by atoms with Gasteiger partial charge in [0.25, 0.3) is 0 Å². The second-order valence-electron chi connectivity index (χ2n) is 3.40. The van der Waals surface area contributed by atoms with E-state index in [1.165, 1.54) is 0 Å². The Balaban J connectivity index is 1.95. The van der Waals surface area contributed by atoms with Crippen LogP contribution in [0.2, 0.25) is 0 Å². The van der Waals surface area contributed by atoms with Gasteiger partial charge in [0.1, 0.15) is 5.75 Å². The maximum Gasteiger partial charge on any atom is 0.228 e. The van der Waals surface area contributed by atoms with Gasteiger partial charge in [0.2, 0.25) is 5.91 Å². The summed E-state index contributed by atoms with van der Waals surface area (Å²) in [5.74, 6) is 0.139. The molecule has 0 bridgehead atoms. The maximum atomic E-state index is 11.6. The van der Waals surface area contributed by atoms with Crippen LogP contribution in [0.4, 0.5) is 5.69 Å². The third kappa shape index (κ3) is 2.84. The van der Waals surface area contributed by atoms with Crippen LogP contribution in [-0.2, 0) is 11.2 Å². The second kappa shape index (κ2) is 4.81. The first-order valence-corrected chi connectivity index (χ1v) is 5.78. The number of phenols is 1. The lowest BCUT2D eigenvalue weighted by atomic mass is 10.2. The van der Waals surface area contributed by atoms with E-state index in [0.717, 1.165) is 5.56 Å². The standard InChI is InChI=1S/C12H11NO2S/c14-11-3-1-10(2-4-11)13-12(15)7-9-5-6-16-8-9/h1-6,8,14H,7H2,(H,13,15). The molecular weight excluding hydrogens is 222 g/mol. The summed E-state index contributed by atoms with van der Waals surface area (Å²) >= 11 is 1.58. The number of carbonyl (C=O) groups is 1. The predicted octanol–water partition coefficient (Wildman–Crippen LogP) is 2.63. The van der Waals surface area contributed by atoms with Gasteiger partial charge in [0.05, 0.1) is 6.42 Å². The van der Waals surface area contributed by atoms with Crippen molar-refractivity contribution in [1.29, 1.82) is 0 Å². The van der Waals surface area contributed by atoms with Gasteiger partial charge in [-0.15, -0.1) is 0 Å². The number of thiophene rings is 1. The van der Waals surface area contributed by atoms with Gasteiger partial charge in [0, 0.05) is 5.69 Å². The quantitative estimate of drug-likeness (QED) is 0.801. The molecule has 0 atom stereocenters. The Labute approximate surface area is 97.4 Å². The minimum absolute atomic E-state index is 0.0518. The monoisotopic (exact) mass is 233 g/mol. The predicted molar refractivity (Wildman–Crippen MR) is 64.8 cm³/mol. The molecule has 82 valence electrons. The molecule has 2 N–H and O–H groups in total. The zero-order valence-electron chi connectivity index (χ0n) is 8.51. The molecule has 0 saturated heterocycles. The van der Waals surface area contributed by atoms with Crippen LogP contribution in [0.3, 0.4) is 0 Å². The van der Waals surface area contributed by atoms with Gasteiger partial charge in [0.15, 0.2) is 0 Å². The molecule has 1 heterocycles. The molecule has 0 saturated carbocycles. The number of aromatic hydroxyl groups is 1. The number of benzene rings is 1. The highest BCUT2D eigenvalue weighted by molar-refractivity contribution is 7.08. The Morgan fingerprint density at radius 3 is 2.62 bits per heavy atom. The summed E-state index contributed by atoms with van der Waals surface area (Å²) in [7, 11) is 0. The third-order valence-electron chi connectivity index (χ3n) is 2.10. The molecule has 1 aromatic heterocycles. The molecule has 0 aliphatic rings. The molecule has 4 heteroatoms. The molecule has 0 unspecified atom stereocenters. The van der Waals surface area contributed by atoms with Crippen LogP contribution in [0.1, 0.15) is 5.56 Å². The van der Waals surface area contributed by atoms with Crippen molar-refractivity contribution in [2.45, 2.75) is 6.42 Å². The summed E-state index contributed by atoms with van der Waals surface area (Å²) in [4.78, 5) is 11.6. The first-order chi connectivity index (χ1) is 7.74. The molecule has 1 amide bonds. The average Bonchev–Trinajstić information content (AvgIpc) is 2.74. The number of hydrogen-bond acceptors (Lipinski definition) is 3. The molecule has 1 aromatic carbocycles. The summed E-state index contributed by atoms with van der Waals surface area (Å²) in [6, 6.07) is 8.35. The number of amides is 1. The van der Waals surface area contributed by atoms with Gasteiger partial charge in [-0.25, -0.2) is 0 Å². The topological polar surface area (TPSA) is 49.3 Å². The summed E-state index contributed by atoms with van der Waals surface area (Å²) in [5.41, 5.74) is 1.71. The van der Waals surface area contributed by atoms with Crippen molar-refractivity contribution in [3.63, 3.8) is 0 Å². The van der Waals surface area contributed by atoms with Crippen molar-refractivity contribution < 1.29 is 9.90 Å². The average molecular weight is 233 g/mol. The smallest absolute Gasteiger partial charge is 0.228 e. The molecule has 0 radical (unpaired) electrons.